The minimum atomic E-state index is -0.762. The Morgan fingerprint density at radius 1 is 0.317 bits per heavy atom. The molecular weight excluding hydrogens is 745 g/mol. The highest BCUT2D eigenvalue weighted by Gasteiger charge is 2.19. The molecule has 356 valence electrons. The van der Waals surface area contributed by atoms with E-state index in [1.54, 1.807) is 0 Å². The summed E-state index contributed by atoms with van der Waals surface area (Å²) in [5, 5.41) is 0. The van der Waals surface area contributed by atoms with E-state index in [2.05, 4.69) is 34.6 Å². The Hall–Kier alpha value is -1.59. The summed E-state index contributed by atoms with van der Waals surface area (Å²) < 4.78 is 16.8. The maximum Gasteiger partial charge on any atom is 0.306 e. The molecule has 0 aromatic rings. The topological polar surface area (TPSA) is 78.9 Å². The molecule has 0 aliphatic heterocycles. The number of ether oxygens (including phenoxy) is 3. The van der Waals surface area contributed by atoms with Crippen molar-refractivity contribution in [1.82, 2.24) is 0 Å². The van der Waals surface area contributed by atoms with E-state index < -0.39 is 6.10 Å². The van der Waals surface area contributed by atoms with Gasteiger partial charge in [0.05, 0.1) is 0 Å². The van der Waals surface area contributed by atoms with E-state index in [1.165, 1.54) is 186 Å². The molecule has 6 nitrogen and oxygen atoms in total. The molecule has 0 heterocycles. The lowest BCUT2D eigenvalue weighted by molar-refractivity contribution is -0.167. The second-order valence-electron chi connectivity index (χ2n) is 19.5. The Morgan fingerprint density at radius 3 is 0.817 bits per heavy atom. The molecule has 0 saturated heterocycles. The van der Waals surface area contributed by atoms with Gasteiger partial charge in [-0.2, -0.15) is 0 Å². The lowest BCUT2D eigenvalue weighted by Gasteiger charge is -2.18. The third-order valence-electron chi connectivity index (χ3n) is 12.2. The summed E-state index contributed by atoms with van der Waals surface area (Å²) in [5.74, 6) is 0.733. The van der Waals surface area contributed by atoms with Crippen LogP contribution in [-0.2, 0) is 28.6 Å². The van der Waals surface area contributed by atoms with Gasteiger partial charge >= 0.3 is 17.9 Å². The molecule has 0 aromatic carbocycles. The lowest BCUT2D eigenvalue weighted by Crippen LogP contribution is -2.30. The number of carbonyl (C=O) groups is 3. The van der Waals surface area contributed by atoms with Gasteiger partial charge in [0.1, 0.15) is 13.2 Å². The zero-order valence-electron chi connectivity index (χ0n) is 41.1. The van der Waals surface area contributed by atoms with Gasteiger partial charge in [-0.3, -0.25) is 14.4 Å². The Bertz CT molecular complexity index is 916. The highest BCUT2D eigenvalue weighted by atomic mass is 16.6. The Kier molecular flexibility index (Phi) is 45.7. The highest BCUT2D eigenvalue weighted by Crippen LogP contribution is 2.17. The van der Waals surface area contributed by atoms with Crippen LogP contribution in [-0.4, -0.2) is 37.2 Å². The maximum absolute atomic E-state index is 12.7. The van der Waals surface area contributed by atoms with E-state index in [-0.39, 0.29) is 31.1 Å². The van der Waals surface area contributed by atoms with E-state index in [0.717, 1.165) is 69.6 Å². The fourth-order valence-corrected chi connectivity index (χ4v) is 8.17. The van der Waals surface area contributed by atoms with Crippen LogP contribution < -0.4 is 0 Å². The van der Waals surface area contributed by atoms with Crippen molar-refractivity contribution in [2.75, 3.05) is 13.2 Å². The van der Waals surface area contributed by atoms with Gasteiger partial charge in [-0.1, -0.05) is 259 Å². The van der Waals surface area contributed by atoms with Crippen molar-refractivity contribution in [2.24, 2.45) is 11.8 Å². The SMILES string of the molecule is CCCCCCCCCCCCCCCCCCCCCC(=O)OC[C@@H](COC(=O)CCCCCCCCCCCCCC(C)C)OC(=O)CCCCCCCCC(C)C. The third-order valence-corrected chi connectivity index (χ3v) is 12.2. The molecule has 0 spiro atoms. The van der Waals surface area contributed by atoms with Gasteiger partial charge < -0.3 is 14.2 Å². The number of carbonyl (C=O) groups excluding carboxylic acids is 3. The predicted molar refractivity (Wildman–Crippen MR) is 256 cm³/mol. The van der Waals surface area contributed by atoms with Crippen molar-refractivity contribution in [3.63, 3.8) is 0 Å². The standard InChI is InChI=1S/C54H104O6/c1-6-7-8-9-10-11-12-13-14-15-16-17-18-19-22-25-28-34-39-44-52(55)58-47-51(60-54(57)46-41-36-31-30-33-38-43-50(4)5)48-59-53(56)45-40-35-29-26-23-20-21-24-27-32-37-42-49(2)3/h49-51H,6-48H2,1-5H3/t51-/m0/s1. The summed E-state index contributed by atoms with van der Waals surface area (Å²) in [5.41, 5.74) is 0. The van der Waals surface area contributed by atoms with Gasteiger partial charge in [0.25, 0.3) is 0 Å². The van der Waals surface area contributed by atoms with Crippen molar-refractivity contribution in [3.8, 4) is 0 Å². The first-order valence-corrected chi connectivity index (χ1v) is 26.7. The van der Waals surface area contributed by atoms with Gasteiger partial charge in [-0.05, 0) is 31.1 Å². The van der Waals surface area contributed by atoms with Crippen LogP contribution in [0.25, 0.3) is 0 Å². The minimum Gasteiger partial charge on any atom is -0.462 e. The van der Waals surface area contributed by atoms with Crippen LogP contribution in [0.3, 0.4) is 0 Å². The van der Waals surface area contributed by atoms with Gasteiger partial charge in [0.15, 0.2) is 6.10 Å². The van der Waals surface area contributed by atoms with Crippen LogP contribution >= 0.6 is 0 Å². The molecule has 1 atom stereocenters. The number of rotatable bonds is 48. The molecule has 0 radical (unpaired) electrons. The number of hydrogen-bond donors (Lipinski definition) is 0. The molecular formula is C54H104O6. The maximum atomic E-state index is 12.7. The van der Waals surface area contributed by atoms with E-state index in [1.807, 2.05) is 0 Å². The van der Waals surface area contributed by atoms with Crippen molar-refractivity contribution in [3.05, 3.63) is 0 Å². The molecule has 0 fully saturated rings. The summed E-state index contributed by atoms with van der Waals surface area (Å²) in [7, 11) is 0. The predicted octanol–water partition coefficient (Wildman–Crippen LogP) is 17.3. The molecule has 0 unspecified atom stereocenters. The van der Waals surface area contributed by atoms with Crippen molar-refractivity contribution in [2.45, 2.75) is 304 Å². The fraction of sp³-hybridized carbons (Fsp3) is 0.944. The average molecular weight is 849 g/mol. The van der Waals surface area contributed by atoms with Gasteiger partial charge in [-0.25, -0.2) is 0 Å². The molecule has 0 N–H and O–H groups in total. The average Bonchev–Trinajstić information content (AvgIpc) is 3.22. The monoisotopic (exact) mass is 849 g/mol. The molecule has 60 heavy (non-hydrogen) atoms. The van der Waals surface area contributed by atoms with Crippen molar-refractivity contribution >= 4 is 17.9 Å². The zero-order chi connectivity index (χ0) is 44.0. The molecule has 0 rings (SSSR count). The Labute approximate surface area is 374 Å². The number of unbranched alkanes of at least 4 members (excludes halogenated alkanes) is 33. The number of esters is 3. The molecule has 0 amide bonds. The van der Waals surface area contributed by atoms with Crippen LogP contribution in [0, 0.1) is 11.8 Å². The van der Waals surface area contributed by atoms with E-state index >= 15 is 0 Å². The molecule has 0 aliphatic carbocycles. The van der Waals surface area contributed by atoms with Gasteiger partial charge in [0.2, 0.25) is 0 Å². The number of hydrogen-bond acceptors (Lipinski definition) is 6. The first-order valence-electron chi connectivity index (χ1n) is 26.7. The first-order chi connectivity index (χ1) is 29.2. The normalized spacial score (nSPS) is 12.1. The summed E-state index contributed by atoms with van der Waals surface area (Å²) in [4.78, 5) is 37.9. The second kappa shape index (κ2) is 46.9. The second-order valence-corrected chi connectivity index (χ2v) is 19.5. The van der Waals surface area contributed by atoms with E-state index in [9.17, 15) is 14.4 Å². The Morgan fingerprint density at radius 2 is 0.550 bits per heavy atom. The van der Waals surface area contributed by atoms with Crippen LogP contribution in [0.5, 0.6) is 0 Å². The fourth-order valence-electron chi connectivity index (χ4n) is 8.17. The Balaban J connectivity index is 4.20. The molecule has 0 bridgehead atoms. The highest BCUT2D eigenvalue weighted by molar-refractivity contribution is 5.71. The minimum absolute atomic E-state index is 0.0647. The lowest BCUT2D eigenvalue weighted by atomic mass is 10.0. The van der Waals surface area contributed by atoms with Gasteiger partial charge in [-0.15, -0.1) is 0 Å². The van der Waals surface area contributed by atoms with Crippen molar-refractivity contribution in [1.29, 1.82) is 0 Å². The summed E-state index contributed by atoms with van der Waals surface area (Å²) in [6.07, 6.45) is 48.3. The van der Waals surface area contributed by atoms with Crippen LogP contribution in [0.1, 0.15) is 298 Å². The summed E-state index contributed by atoms with van der Waals surface area (Å²) >= 11 is 0. The van der Waals surface area contributed by atoms with E-state index in [4.69, 9.17) is 14.2 Å². The van der Waals surface area contributed by atoms with Crippen LogP contribution in [0.2, 0.25) is 0 Å². The molecule has 0 saturated carbocycles. The molecule has 6 heteroatoms. The third kappa shape index (κ3) is 47.5. The molecule has 0 aromatic heterocycles. The quantitative estimate of drug-likeness (QED) is 0.0345. The first kappa shape index (κ1) is 58.4. The van der Waals surface area contributed by atoms with Gasteiger partial charge in [0, 0.05) is 19.3 Å². The smallest absolute Gasteiger partial charge is 0.306 e. The molecule has 0 aliphatic rings. The zero-order valence-corrected chi connectivity index (χ0v) is 41.1. The van der Waals surface area contributed by atoms with E-state index in [0.29, 0.717) is 19.3 Å². The van der Waals surface area contributed by atoms with Crippen LogP contribution in [0.15, 0.2) is 0 Å². The summed E-state index contributed by atoms with van der Waals surface area (Å²) in [6.45, 7) is 11.3. The van der Waals surface area contributed by atoms with Crippen LogP contribution in [0.4, 0.5) is 0 Å². The summed E-state index contributed by atoms with van der Waals surface area (Å²) in [6, 6.07) is 0. The van der Waals surface area contributed by atoms with Crippen molar-refractivity contribution < 1.29 is 28.6 Å². The largest absolute Gasteiger partial charge is 0.462 e.